The molecule has 3 aliphatic rings. The third kappa shape index (κ3) is 2.96. The summed E-state index contributed by atoms with van der Waals surface area (Å²) in [6.07, 6.45) is 4.52. The molecule has 2 aliphatic carbocycles. The van der Waals surface area contributed by atoms with Crippen molar-refractivity contribution in [2.75, 3.05) is 0 Å². The van der Waals surface area contributed by atoms with Gasteiger partial charge in [-0.3, -0.25) is 15.6 Å². The predicted molar refractivity (Wildman–Crippen MR) is 104 cm³/mol. The number of carbonyl (C=O) groups is 1. The van der Waals surface area contributed by atoms with Crippen molar-refractivity contribution in [2.45, 2.75) is 70.2 Å². The third-order valence-electron chi connectivity index (χ3n) is 6.68. The summed E-state index contributed by atoms with van der Waals surface area (Å²) in [6.45, 7) is 2.23. The van der Waals surface area contributed by atoms with Gasteiger partial charge in [-0.2, -0.15) is 0 Å². The van der Waals surface area contributed by atoms with Crippen molar-refractivity contribution in [1.29, 1.82) is 10.8 Å². The molecule has 6 nitrogen and oxygen atoms in total. The fourth-order valence-electron chi connectivity index (χ4n) is 4.99. The van der Waals surface area contributed by atoms with Crippen molar-refractivity contribution < 1.29 is 9.53 Å². The molecule has 27 heavy (non-hydrogen) atoms. The van der Waals surface area contributed by atoms with Crippen LogP contribution < -0.4 is 5.32 Å². The van der Waals surface area contributed by atoms with Crippen LogP contribution in [0.4, 0.5) is 0 Å². The van der Waals surface area contributed by atoms with Gasteiger partial charge in [0, 0.05) is 36.4 Å². The van der Waals surface area contributed by atoms with Gasteiger partial charge in [-0.05, 0) is 24.8 Å². The highest BCUT2D eigenvalue weighted by molar-refractivity contribution is 5.99. The van der Waals surface area contributed by atoms with E-state index in [1.807, 2.05) is 42.2 Å². The Balaban J connectivity index is 1.31. The van der Waals surface area contributed by atoms with Crippen molar-refractivity contribution in [3.63, 3.8) is 0 Å². The molecular formula is C21H28N4O2. The Morgan fingerprint density at radius 1 is 1.22 bits per heavy atom. The molecule has 4 atom stereocenters. The van der Waals surface area contributed by atoms with Crippen molar-refractivity contribution in [1.82, 2.24) is 10.2 Å². The van der Waals surface area contributed by atoms with Crippen LogP contribution in [0.2, 0.25) is 0 Å². The zero-order chi connectivity index (χ0) is 19.0. The van der Waals surface area contributed by atoms with Crippen LogP contribution in [0.15, 0.2) is 30.3 Å². The summed E-state index contributed by atoms with van der Waals surface area (Å²) in [4.78, 5) is 14.0. The Hall–Kier alpha value is -2.21. The molecule has 3 fully saturated rings. The zero-order valence-electron chi connectivity index (χ0n) is 15.8. The number of piperidine rings is 2. The van der Waals surface area contributed by atoms with Gasteiger partial charge in [0.05, 0.1) is 6.42 Å². The first-order chi connectivity index (χ1) is 13.1. The molecule has 144 valence electrons. The number of nitrogens with zero attached hydrogens (tertiary/aromatic N) is 1. The molecular weight excluding hydrogens is 340 g/mol. The second kappa shape index (κ2) is 7.08. The van der Waals surface area contributed by atoms with E-state index in [1.165, 1.54) is 12.8 Å². The molecule has 2 saturated carbocycles. The van der Waals surface area contributed by atoms with E-state index in [1.54, 1.807) is 0 Å². The van der Waals surface area contributed by atoms with Crippen LogP contribution in [0.1, 0.15) is 51.0 Å². The van der Waals surface area contributed by atoms with E-state index in [-0.39, 0.29) is 30.5 Å². The number of ether oxygens (including phenoxy) is 1. The summed E-state index contributed by atoms with van der Waals surface area (Å²) >= 11 is 0. The molecule has 6 heteroatoms. The van der Waals surface area contributed by atoms with Gasteiger partial charge in [0.25, 0.3) is 0 Å². The molecule has 3 N–H and O–H groups in total. The Morgan fingerprint density at radius 3 is 2.59 bits per heavy atom. The molecule has 1 aromatic carbocycles. The van der Waals surface area contributed by atoms with Gasteiger partial charge < -0.3 is 15.0 Å². The standard InChI is InChI=1S/C21H28N4O2/c1-2-18(22)25(17-12-16-21(17)11-10-15(21)24-16)19(23)8-9-20(26)27-13-14-6-4-3-5-7-14/h3-7,15-17,22-24H,2,8-13H2,1H3. The van der Waals surface area contributed by atoms with E-state index in [0.29, 0.717) is 36.6 Å². The minimum atomic E-state index is -0.289. The summed E-state index contributed by atoms with van der Waals surface area (Å²) in [5, 5.41) is 20.5. The summed E-state index contributed by atoms with van der Waals surface area (Å²) in [5.74, 6) is 0.588. The van der Waals surface area contributed by atoms with Crippen molar-refractivity contribution >= 4 is 17.6 Å². The topological polar surface area (TPSA) is 89.3 Å². The van der Waals surface area contributed by atoms with E-state index in [4.69, 9.17) is 15.6 Å². The van der Waals surface area contributed by atoms with Crippen LogP contribution in [0, 0.1) is 16.2 Å². The predicted octanol–water partition coefficient (Wildman–Crippen LogP) is 3.07. The molecule has 0 aromatic heterocycles. The van der Waals surface area contributed by atoms with Crippen LogP contribution in [0.3, 0.4) is 0 Å². The van der Waals surface area contributed by atoms with Gasteiger partial charge in [0.15, 0.2) is 0 Å². The summed E-state index contributed by atoms with van der Waals surface area (Å²) in [7, 11) is 0. The molecule has 4 unspecified atom stereocenters. The largest absolute Gasteiger partial charge is 0.461 e. The fourth-order valence-corrected chi connectivity index (χ4v) is 4.99. The fraction of sp³-hybridized carbons (Fsp3) is 0.571. The molecule has 1 heterocycles. The molecule has 0 radical (unpaired) electrons. The zero-order valence-corrected chi connectivity index (χ0v) is 15.8. The monoisotopic (exact) mass is 368 g/mol. The molecule has 1 spiro atoms. The normalized spacial score (nSPS) is 29.9. The number of carbonyl (C=O) groups excluding carboxylic acids is 1. The molecule has 1 aliphatic heterocycles. The van der Waals surface area contributed by atoms with E-state index in [0.717, 1.165) is 12.0 Å². The van der Waals surface area contributed by atoms with E-state index >= 15 is 0 Å². The number of esters is 1. The van der Waals surface area contributed by atoms with Crippen LogP contribution in [-0.4, -0.2) is 40.7 Å². The van der Waals surface area contributed by atoms with Gasteiger partial charge in [-0.15, -0.1) is 0 Å². The first-order valence-electron chi connectivity index (χ1n) is 9.96. The molecule has 1 aromatic rings. The lowest BCUT2D eigenvalue weighted by molar-refractivity contribution is -0.194. The Kier molecular flexibility index (Phi) is 4.76. The highest BCUT2D eigenvalue weighted by Crippen LogP contribution is 2.64. The van der Waals surface area contributed by atoms with Crippen molar-refractivity contribution in [2.24, 2.45) is 5.41 Å². The highest BCUT2D eigenvalue weighted by atomic mass is 16.5. The van der Waals surface area contributed by atoms with E-state index in [9.17, 15) is 4.79 Å². The Bertz CT molecular complexity index is 744. The van der Waals surface area contributed by atoms with Gasteiger partial charge in [-0.25, -0.2) is 0 Å². The minimum absolute atomic E-state index is 0.185. The number of hydrogen-bond acceptors (Lipinski definition) is 5. The number of amidine groups is 2. The first kappa shape index (κ1) is 18.2. The molecule has 1 saturated heterocycles. The van der Waals surface area contributed by atoms with Crippen LogP contribution in [0.25, 0.3) is 0 Å². The summed E-state index contributed by atoms with van der Waals surface area (Å²) in [6, 6.07) is 11.0. The molecule has 0 bridgehead atoms. The van der Waals surface area contributed by atoms with Gasteiger partial charge >= 0.3 is 5.97 Å². The quantitative estimate of drug-likeness (QED) is 0.392. The maximum absolute atomic E-state index is 12.1. The van der Waals surface area contributed by atoms with Crippen LogP contribution in [-0.2, 0) is 16.1 Å². The van der Waals surface area contributed by atoms with Crippen LogP contribution in [0.5, 0.6) is 0 Å². The number of hydrogen-bond donors (Lipinski definition) is 3. The van der Waals surface area contributed by atoms with Crippen LogP contribution >= 0.6 is 0 Å². The van der Waals surface area contributed by atoms with Gasteiger partial charge in [-0.1, -0.05) is 37.3 Å². The average molecular weight is 368 g/mol. The Labute approximate surface area is 160 Å². The lowest BCUT2D eigenvalue weighted by atomic mass is 9.41. The van der Waals surface area contributed by atoms with Crippen molar-refractivity contribution in [3.8, 4) is 0 Å². The first-order valence-corrected chi connectivity index (χ1v) is 9.96. The van der Waals surface area contributed by atoms with E-state index in [2.05, 4.69) is 5.32 Å². The molecule has 0 amide bonds. The minimum Gasteiger partial charge on any atom is -0.461 e. The maximum Gasteiger partial charge on any atom is 0.306 e. The number of nitrogens with one attached hydrogen (secondary N) is 3. The Morgan fingerprint density at radius 2 is 2.00 bits per heavy atom. The third-order valence-corrected chi connectivity index (χ3v) is 6.68. The second-order valence-corrected chi connectivity index (χ2v) is 7.94. The maximum atomic E-state index is 12.1. The van der Waals surface area contributed by atoms with Crippen molar-refractivity contribution in [3.05, 3.63) is 35.9 Å². The lowest BCUT2D eigenvalue weighted by Crippen LogP contribution is -2.89. The smallest absolute Gasteiger partial charge is 0.306 e. The average Bonchev–Trinajstić information content (AvgIpc) is 2.66. The van der Waals surface area contributed by atoms with Gasteiger partial charge in [0.1, 0.15) is 18.3 Å². The number of rotatable bonds is 7. The van der Waals surface area contributed by atoms with E-state index < -0.39 is 0 Å². The lowest BCUT2D eigenvalue weighted by Gasteiger charge is -2.76. The highest BCUT2D eigenvalue weighted by Gasteiger charge is 2.72. The summed E-state index contributed by atoms with van der Waals surface area (Å²) in [5.41, 5.74) is 1.24. The summed E-state index contributed by atoms with van der Waals surface area (Å²) < 4.78 is 5.33. The SMILES string of the molecule is CCC(=N)N(C(=N)CCC(=O)OCc1ccccc1)C1CC2NC3CCC321. The number of benzene rings is 1. The van der Waals surface area contributed by atoms with Gasteiger partial charge in [0.2, 0.25) is 0 Å². The second-order valence-electron chi connectivity index (χ2n) is 7.94. The molecule has 4 rings (SSSR count).